The normalized spacial score (nSPS) is 20.4. The minimum absolute atomic E-state index is 0.0505. The summed E-state index contributed by atoms with van der Waals surface area (Å²) < 4.78 is 1.75. The van der Waals surface area contributed by atoms with Crippen LogP contribution >= 0.6 is 11.6 Å². The summed E-state index contributed by atoms with van der Waals surface area (Å²) in [6.07, 6.45) is 4.30. The van der Waals surface area contributed by atoms with Crippen LogP contribution in [0.4, 0.5) is 0 Å². The first-order chi connectivity index (χ1) is 15.9. The van der Waals surface area contributed by atoms with Crippen LogP contribution in [0.1, 0.15) is 57.8 Å². The number of aromatic nitrogens is 2. The quantitative estimate of drug-likeness (QED) is 0.744. The smallest absolute Gasteiger partial charge is 0.274 e. The Hall–Kier alpha value is -2.87. The Kier molecular flexibility index (Phi) is 5.86. The molecule has 0 bridgehead atoms. The van der Waals surface area contributed by atoms with Crippen molar-refractivity contribution in [3.05, 3.63) is 51.8 Å². The number of aryl methyl sites for hydroxylation is 1. The molecule has 2 fully saturated rings. The van der Waals surface area contributed by atoms with Gasteiger partial charge in [-0.2, -0.15) is 5.10 Å². The van der Waals surface area contributed by atoms with Crippen LogP contribution in [-0.4, -0.2) is 63.0 Å². The van der Waals surface area contributed by atoms with Crippen molar-refractivity contribution in [1.29, 1.82) is 0 Å². The number of amides is 3. The SMILES string of the molecule is Cn1nc(C(=O)N2CCC[C@@H](C(=O)NC3CC3)C2)c2c1CCN(C(=O)c1ccccc1Cl)C2. The molecule has 1 aromatic heterocycles. The monoisotopic (exact) mass is 469 g/mol. The van der Waals surface area contributed by atoms with Crippen LogP contribution in [0.5, 0.6) is 0 Å². The highest BCUT2D eigenvalue weighted by Crippen LogP contribution is 2.28. The summed E-state index contributed by atoms with van der Waals surface area (Å²) in [7, 11) is 1.84. The van der Waals surface area contributed by atoms with Gasteiger partial charge in [0, 0.05) is 50.4 Å². The van der Waals surface area contributed by atoms with Gasteiger partial charge in [-0.3, -0.25) is 19.1 Å². The molecule has 3 amide bonds. The van der Waals surface area contributed by atoms with E-state index in [4.69, 9.17) is 11.6 Å². The molecule has 1 N–H and O–H groups in total. The number of nitrogens with zero attached hydrogens (tertiary/aromatic N) is 4. The number of rotatable bonds is 4. The van der Waals surface area contributed by atoms with Crippen LogP contribution in [0.15, 0.2) is 24.3 Å². The summed E-state index contributed by atoms with van der Waals surface area (Å²) in [5.41, 5.74) is 2.60. The minimum Gasteiger partial charge on any atom is -0.353 e. The van der Waals surface area contributed by atoms with Crippen molar-refractivity contribution in [3.63, 3.8) is 0 Å². The molecule has 0 spiro atoms. The van der Waals surface area contributed by atoms with Crippen molar-refractivity contribution in [2.24, 2.45) is 13.0 Å². The lowest BCUT2D eigenvalue weighted by Crippen LogP contribution is -2.46. The van der Waals surface area contributed by atoms with Crippen LogP contribution in [0.3, 0.4) is 0 Å². The zero-order chi connectivity index (χ0) is 23.1. The average molecular weight is 470 g/mol. The number of halogens is 1. The molecule has 174 valence electrons. The lowest BCUT2D eigenvalue weighted by atomic mass is 9.96. The van der Waals surface area contributed by atoms with Gasteiger partial charge in [0.1, 0.15) is 0 Å². The molecule has 3 aliphatic rings. The Bertz CT molecular complexity index is 1110. The van der Waals surface area contributed by atoms with Crippen molar-refractivity contribution in [2.75, 3.05) is 19.6 Å². The highest BCUT2D eigenvalue weighted by molar-refractivity contribution is 6.33. The van der Waals surface area contributed by atoms with Gasteiger partial charge in [0.2, 0.25) is 5.91 Å². The van der Waals surface area contributed by atoms with Crippen molar-refractivity contribution in [3.8, 4) is 0 Å². The van der Waals surface area contributed by atoms with Gasteiger partial charge in [0.25, 0.3) is 11.8 Å². The molecular weight excluding hydrogens is 442 g/mol. The van der Waals surface area contributed by atoms with Crippen LogP contribution in [0.25, 0.3) is 0 Å². The van der Waals surface area contributed by atoms with Crippen molar-refractivity contribution >= 4 is 29.3 Å². The van der Waals surface area contributed by atoms with Gasteiger partial charge in [0.15, 0.2) is 5.69 Å². The summed E-state index contributed by atoms with van der Waals surface area (Å²) in [4.78, 5) is 42.6. The zero-order valence-electron chi connectivity index (χ0n) is 18.7. The van der Waals surface area contributed by atoms with Crippen molar-refractivity contribution in [1.82, 2.24) is 24.9 Å². The molecule has 33 heavy (non-hydrogen) atoms. The Labute approximate surface area is 197 Å². The molecular formula is C24H28ClN5O3. The zero-order valence-corrected chi connectivity index (χ0v) is 19.5. The van der Waals surface area contributed by atoms with E-state index in [0.717, 1.165) is 36.9 Å². The van der Waals surface area contributed by atoms with Crippen LogP contribution in [0.2, 0.25) is 5.02 Å². The summed E-state index contributed by atoms with van der Waals surface area (Å²) in [5.74, 6) is -0.443. The van der Waals surface area contributed by atoms with Gasteiger partial charge in [-0.1, -0.05) is 23.7 Å². The van der Waals surface area contributed by atoms with Crippen molar-refractivity contribution in [2.45, 2.75) is 44.7 Å². The molecule has 2 aliphatic heterocycles. The average Bonchev–Trinajstić information content (AvgIpc) is 3.59. The summed E-state index contributed by atoms with van der Waals surface area (Å²) >= 11 is 6.24. The maximum atomic E-state index is 13.5. The predicted molar refractivity (Wildman–Crippen MR) is 123 cm³/mol. The van der Waals surface area contributed by atoms with Gasteiger partial charge >= 0.3 is 0 Å². The highest BCUT2D eigenvalue weighted by Gasteiger charge is 2.36. The first-order valence-corrected chi connectivity index (χ1v) is 12.0. The number of nitrogens with one attached hydrogen (secondary N) is 1. The van der Waals surface area contributed by atoms with Gasteiger partial charge in [-0.25, -0.2) is 0 Å². The summed E-state index contributed by atoms with van der Waals surface area (Å²) in [6, 6.07) is 7.32. The molecule has 1 aromatic carbocycles. The number of fused-ring (bicyclic) bond motifs is 1. The molecule has 1 aliphatic carbocycles. The van der Waals surface area contributed by atoms with E-state index >= 15 is 0 Å². The standard InChI is InChI=1S/C24H28ClN5O3/c1-28-20-10-12-30(23(32)17-6-2-3-7-19(17)25)14-18(20)21(27-28)24(33)29-11-4-5-15(13-29)22(31)26-16-8-9-16/h2-3,6-7,15-16H,4-5,8-14H2,1H3,(H,26,31)/t15-/m1/s1. The lowest BCUT2D eigenvalue weighted by Gasteiger charge is -2.32. The second-order valence-electron chi connectivity index (χ2n) is 9.23. The van der Waals surface area contributed by atoms with Gasteiger partial charge in [-0.05, 0) is 37.8 Å². The number of benzene rings is 1. The maximum absolute atomic E-state index is 13.5. The second kappa shape index (κ2) is 8.82. The molecule has 1 saturated carbocycles. The number of hydrogen-bond donors (Lipinski definition) is 1. The molecule has 1 atom stereocenters. The van der Waals surface area contributed by atoms with E-state index in [1.165, 1.54) is 0 Å². The maximum Gasteiger partial charge on any atom is 0.274 e. The third-order valence-corrected chi connectivity index (χ3v) is 7.17. The number of carbonyl (C=O) groups excluding carboxylic acids is 3. The van der Waals surface area contributed by atoms with E-state index in [2.05, 4.69) is 10.4 Å². The first-order valence-electron chi connectivity index (χ1n) is 11.6. The Morgan fingerprint density at radius 1 is 1.06 bits per heavy atom. The van der Waals surface area contributed by atoms with E-state index in [9.17, 15) is 14.4 Å². The van der Waals surface area contributed by atoms with Crippen LogP contribution < -0.4 is 5.32 Å². The predicted octanol–water partition coefficient (Wildman–Crippen LogP) is 2.40. The molecule has 2 aromatic rings. The Morgan fingerprint density at radius 3 is 2.61 bits per heavy atom. The molecule has 0 radical (unpaired) electrons. The van der Waals surface area contributed by atoms with E-state index in [1.54, 1.807) is 38.7 Å². The van der Waals surface area contributed by atoms with Gasteiger partial charge in [-0.15, -0.1) is 0 Å². The van der Waals surface area contributed by atoms with Crippen molar-refractivity contribution < 1.29 is 14.4 Å². The fraction of sp³-hybridized carbons (Fsp3) is 0.500. The lowest BCUT2D eigenvalue weighted by molar-refractivity contribution is -0.126. The van der Waals surface area contributed by atoms with Gasteiger partial charge in [0.05, 0.1) is 23.0 Å². The largest absolute Gasteiger partial charge is 0.353 e. The van der Waals surface area contributed by atoms with E-state index < -0.39 is 0 Å². The second-order valence-corrected chi connectivity index (χ2v) is 9.63. The van der Waals surface area contributed by atoms with E-state index in [1.807, 2.05) is 7.05 Å². The third-order valence-electron chi connectivity index (χ3n) is 6.84. The van der Waals surface area contributed by atoms with E-state index in [0.29, 0.717) is 54.9 Å². The minimum atomic E-state index is -0.180. The Balaban J connectivity index is 1.34. The number of carbonyl (C=O) groups is 3. The summed E-state index contributed by atoms with van der Waals surface area (Å²) in [5, 5.41) is 8.02. The Morgan fingerprint density at radius 2 is 1.85 bits per heavy atom. The molecule has 1 saturated heterocycles. The van der Waals surface area contributed by atoms with Gasteiger partial charge < -0.3 is 15.1 Å². The fourth-order valence-corrected chi connectivity index (χ4v) is 5.03. The molecule has 0 unspecified atom stereocenters. The molecule has 9 heteroatoms. The van der Waals surface area contributed by atoms with Crippen LogP contribution in [0, 0.1) is 5.92 Å². The van der Waals surface area contributed by atoms with E-state index in [-0.39, 0.29) is 23.6 Å². The topological polar surface area (TPSA) is 87.5 Å². The first kappa shape index (κ1) is 21.9. The third kappa shape index (κ3) is 4.36. The molecule has 5 rings (SSSR count). The molecule has 8 nitrogen and oxygen atoms in total. The highest BCUT2D eigenvalue weighted by atomic mass is 35.5. The fourth-order valence-electron chi connectivity index (χ4n) is 4.81. The number of piperidine rings is 1. The molecule has 3 heterocycles. The van der Waals surface area contributed by atoms with Crippen LogP contribution in [-0.2, 0) is 24.8 Å². The number of likely N-dealkylation sites (tertiary alicyclic amines) is 1. The number of hydrogen-bond acceptors (Lipinski definition) is 4. The summed E-state index contributed by atoms with van der Waals surface area (Å²) in [6.45, 7) is 1.87.